The third-order valence-corrected chi connectivity index (χ3v) is 2.42. The van der Waals surface area contributed by atoms with Gasteiger partial charge in [0.1, 0.15) is 11.4 Å². The number of hydrazine groups is 2. The van der Waals surface area contributed by atoms with Crippen molar-refractivity contribution in [3.63, 3.8) is 0 Å². The van der Waals surface area contributed by atoms with E-state index in [0.717, 1.165) is 0 Å². The van der Waals surface area contributed by atoms with Crippen LogP contribution in [0, 0.1) is 20.2 Å². The zero-order valence-electron chi connectivity index (χ0n) is 10.6. The topological polar surface area (TPSA) is 120 Å². The molecule has 108 valence electrons. The van der Waals surface area contributed by atoms with Gasteiger partial charge in [0.15, 0.2) is 21.6 Å². The van der Waals surface area contributed by atoms with Crippen LogP contribution in [0.25, 0.3) is 0 Å². The van der Waals surface area contributed by atoms with Gasteiger partial charge in [-0.1, -0.05) is 24.3 Å². The maximum Gasteiger partial charge on any atom is 0.162 e. The molecule has 0 aromatic heterocycles. The Morgan fingerprint density at radius 3 is 1.52 bits per heavy atom. The van der Waals surface area contributed by atoms with Gasteiger partial charge in [-0.15, -0.1) is 10.9 Å². The highest BCUT2D eigenvalue weighted by Crippen LogP contribution is 2.33. The molecule has 0 aliphatic carbocycles. The fraction of sp³-hybridized carbons (Fsp3) is 0. The third kappa shape index (κ3) is 3.80. The lowest BCUT2D eigenvalue weighted by molar-refractivity contribution is -0.445. The predicted molar refractivity (Wildman–Crippen MR) is 74.2 cm³/mol. The van der Waals surface area contributed by atoms with Gasteiger partial charge in [-0.3, -0.25) is 0 Å². The van der Waals surface area contributed by atoms with E-state index in [-0.39, 0.29) is 22.9 Å². The second-order valence-corrected chi connectivity index (χ2v) is 3.83. The first-order valence-electron chi connectivity index (χ1n) is 5.74. The number of hydrogen-bond donors (Lipinski definition) is 2. The van der Waals surface area contributed by atoms with Crippen LogP contribution in [0.4, 0.5) is 11.4 Å². The standard InChI is InChI=1S/C12H10N4O5/c17-15(18)13-9-5-1-3-7-11(9)21-12-8-4-2-6-10(12)14-16(19)20/h1-8,13-14H. The number of hydrogen-bond acceptors (Lipinski definition) is 5. The van der Waals surface area contributed by atoms with E-state index in [4.69, 9.17) is 4.74 Å². The van der Waals surface area contributed by atoms with Crippen LogP contribution in [0.15, 0.2) is 48.5 Å². The van der Waals surface area contributed by atoms with E-state index in [0.29, 0.717) is 0 Å². The number of nitrogens with zero attached hydrogens (tertiary/aromatic N) is 2. The summed E-state index contributed by atoms with van der Waals surface area (Å²) in [6.45, 7) is 0. The summed E-state index contributed by atoms with van der Waals surface area (Å²) in [7, 11) is 0. The van der Waals surface area contributed by atoms with Gasteiger partial charge in [-0.25, -0.2) is 20.2 Å². The van der Waals surface area contributed by atoms with Gasteiger partial charge in [-0.2, -0.15) is 0 Å². The van der Waals surface area contributed by atoms with Crippen molar-refractivity contribution in [1.82, 2.24) is 0 Å². The minimum absolute atomic E-state index is 0.137. The Labute approximate surface area is 118 Å². The average Bonchev–Trinajstić information content (AvgIpc) is 2.42. The summed E-state index contributed by atoms with van der Waals surface area (Å²) in [4.78, 5) is 21.0. The van der Waals surface area contributed by atoms with Crippen LogP contribution in [-0.2, 0) is 0 Å². The maximum absolute atomic E-state index is 10.5. The predicted octanol–water partition coefficient (Wildman–Crippen LogP) is 2.69. The number of rotatable bonds is 6. The number of nitro groups is 2. The molecule has 0 unspecified atom stereocenters. The van der Waals surface area contributed by atoms with Crippen LogP contribution in [0.5, 0.6) is 11.5 Å². The molecule has 0 aliphatic rings. The van der Waals surface area contributed by atoms with Crippen molar-refractivity contribution in [2.75, 3.05) is 10.9 Å². The van der Waals surface area contributed by atoms with Crippen LogP contribution >= 0.6 is 0 Å². The van der Waals surface area contributed by atoms with Crippen LogP contribution in [0.3, 0.4) is 0 Å². The van der Waals surface area contributed by atoms with E-state index < -0.39 is 10.1 Å². The van der Waals surface area contributed by atoms with E-state index in [9.17, 15) is 20.2 Å². The molecular weight excluding hydrogens is 280 g/mol. The Hall–Kier alpha value is -3.36. The third-order valence-electron chi connectivity index (χ3n) is 2.42. The minimum atomic E-state index is -0.719. The Bertz CT molecular complexity index is 619. The molecule has 2 N–H and O–H groups in total. The second-order valence-electron chi connectivity index (χ2n) is 3.83. The van der Waals surface area contributed by atoms with E-state index in [1.165, 1.54) is 24.3 Å². The Kier molecular flexibility index (Phi) is 4.14. The van der Waals surface area contributed by atoms with Gasteiger partial charge >= 0.3 is 0 Å². The van der Waals surface area contributed by atoms with Gasteiger partial charge in [0.2, 0.25) is 0 Å². The van der Waals surface area contributed by atoms with Crippen molar-refractivity contribution in [3.05, 3.63) is 68.8 Å². The highest BCUT2D eigenvalue weighted by atomic mass is 16.7. The number of benzene rings is 2. The van der Waals surface area contributed by atoms with E-state index in [2.05, 4.69) is 0 Å². The van der Waals surface area contributed by atoms with Gasteiger partial charge in [0, 0.05) is 0 Å². The Balaban J connectivity index is 2.30. The first kappa shape index (κ1) is 14.1. The summed E-state index contributed by atoms with van der Waals surface area (Å²) < 4.78 is 5.51. The second kappa shape index (κ2) is 6.19. The fourth-order valence-corrected chi connectivity index (χ4v) is 1.61. The summed E-state index contributed by atoms with van der Waals surface area (Å²) >= 11 is 0. The van der Waals surface area contributed by atoms with Crippen molar-refractivity contribution in [2.45, 2.75) is 0 Å². The molecule has 0 spiro atoms. The monoisotopic (exact) mass is 290 g/mol. The number of nitrogens with one attached hydrogen (secondary N) is 2. The highest BCUT2D eigenvalue weighted by Gasteiger charge is 2.12. The molecule has 21 heavy (non-hydrogen) atoms. The van der Waals surface area contributed by atoms with Crippen LogP contribution in [0.2, 0.25) is 0 Å². The van der Waals surface area contributed by atoms with E-state index in [1.807, 2.05) is 10.9 Å². The lowest BCUT2D eigenvalue weighted by Gasteiger charge is -2.11. The molecule has 9 nitrogen and oxygen atoms in total. The Morgan fingerprint density at radius 2 is 1.14 bits per heavy atom. The molecule has 0 amide bonds. The quantitative estimate of drug-likeness (QED) is 0.619. The van der Waals surface area contributed by atoms with Gasteiger partial charge < -0.3 is 4.74 Å². The number of ether oxygens (including phenoxy) is 1. The lowest BCUT2D eigenvalue weighted by atomic mass is 10.2. The van der Waals surface area contributed by atoms with Crippen molar-refractivity contribution >= 4 is 11.4 Å². The van der Waals surface area contributed by atoms with Crippen LogP contribution in [0.1, 0.15) is 0 Å². The molecule has 2 rings (SSSR count). The molecule has 0 aliphatic heterocycles. The summed E-state index contributed by atoms with van der Waals surface area (Å²) in [5, 5.41) is 19.6. The molecule has 0 atom stereocenters. The molecule has 0 bridgehead atoms. The normalized spacial score (nSPS) is 9.71. The lowest BCUT2D eigenvalue weighted by Crippen LogP contribution is -2.10. The average molecular weight is 290 g/mol. The molecule has 2 aromatic rings. The summed E-state index contributed by atoms with van der Waals surface area (Å²) in [6.07, 6.45) is 0. The van der Waals surface area contributed by atoms with Crippen LogP contribution in [-0.4, -0.2) is 10.1 Å². The summed E-state index contributed by atoms with van der Waals surface area (Å²) in [5.74, 6) is 0.346. The molecular formula is C12H10N4O5. The Morgan fingerprint density at radius 1 is 0.762 bits per heavy atom. The molecule has 9 heteroatoms. The fourth-order valence-electron chi connectivity index (χ4n) is 1.61. The number of anilines is 2. The smallest absolute Gasteiger partial charge is 0.162 e. The zero-order valence-corrected chi connectivity index (χ0v) is 10.6. The molecule has 0 heterocycles. The molecule has 0 saturated heterocycles. The molecule has 2 aromatic carbocycles. The minimum Gasteiger partial charge on any atom is -0.453 e. The molecule has 0 radical (unpaired) electrons. The first-order valence-corrected chi connectivity index (χ1v) is 5.74. The van der Waals surface area contributed by atoms with Crippen molar-refractivity contribution in [1.29, 1.82) is 0 Å². The first-order chi connectivity index (χ1) is 10.1. The SMILES string of the molecule is O=[N+]([O-])Nc1ccccc1Oc1ccccc1N[N+](=O)[O-]. The van der Waals surface area contributed by atoms with Crippen molar-refractivity contribution in [3.8, 4) is 11.5 Å². The van der Waals surface area contributed by atoms with Crippen molar-refractivity contribution in [2.24, 2.45) is 0 Å². The summed E-state index contributed by atoms with van der Waals surface area (Å²) in [6, 6.07) is 12.4. The van der Waals surface area contributed by atoms with Gasteiger partial charge in [0.25, 0.3) is 0 Å². The molecule has 0 saturated carbocycles. The van der Waals surface area contributed by atoms with Gasteiger partial charge in [-0.05, 0) is 24.3 Å². The van der Waals surface area contributed by atoms with E-state index >= 15 is 0 Å². The number of para-hydroxylation sites is 4. The van der Waals surface area contributed by atoms with Crippen LogP contribution < -0.4 is 15.6 Å². The largest absolute Gasteiger partial charge is 0.453 e. The maximum atomic E-state index is 10.5. The zero-order chi connectivity index (χ0) is 15.2. The molecule has 0 fully saturated rings. The van der Waals surface area contributed by atoms with E-state index in [1.54, 1.807) is 24.3 Å². The summed E-state index contributed by atoms with van der Waals surface area (Å²) in [5.41, 5.74) is 4.27. The highest BCUT2D eigenvalue weighted by molar-refractivity contribution is 5.60. The van der Waals surface area contributed by atoms with Crippen molar-refractivity contribution < 1.29 is 14.8 Å². The van der Waals surface area contributed by atoms with Gasteiger partial charge in [0.05, 0.1) is 0 Å².